The van der Waals surface area contributed by atoms with E-state index < -0.39 is 17.9 Å². The van der Waals surface area contributed by atoms with Gasteiger partial charge in [0.25, 0.3) is 0 Å². The highest BCUT2D eigenvalue weighted by Gasteiger charge is 2.20. The van der Waals surface area contributed by atoms with Crippen LogP contribution in [-0.2, 0) is 9.59 Å². The first-order valence-electron chi connectivity index (χ1n) is 6.65. The van der Waals surface area contributed by atoms with Crippen LogP contribution < -0.4 is 10.6 Å². The third-order valence-electron chi connectivity index (χ3n) is 2.78. The maximum atomic E-state index is 11.9. The summed E-state index contributed by atoms with van der Waals surface area (Å²) in [4.78, 5) is 25.0. The molecule has 22 heavy (non-hydrogen) atoms. The number of halogens is 2. The Bertz CT molecular complexity index is 518. The van der Waals surface area contributed by atoms with E-state index in [2.05, 4.69) is 10.6 Å². The number of likely N-dealkylation sites (N-methyl/N-ethyl adjacent to an activating group) is 1. The predicted molar refractivity (Wildman–Crippen MR) is 87.7 cm³/mol. The largest absolute Gasteiger partial charge is 0.480 e. The lowest BCUT2D eigenvalue weighted by molar-refractivity contribution is -0.141. The number of aliphatic carboxylic acids is 1. The lowest BCUT2D eigenvalue weighted by Crippen LogP contribution is -2.42. The van der Waals surface area contributed by atoms with Gasteiger partial charge in [0, 0.05) is 28.8 Å². The van der Waals surface area contributed by atoms with Gasteiger partial charge in [-0.2, -0.15) is 0 Å². The molecule has 0 radical (unpaired) electrons. The molecule has 0 spiro atoms. The van der Waals surface area contributed by atoms with E-state index >= 15 is 0 Å². The number of hydrogen-bond acceptors (Lipinski definition) is 4. The summed E-state index contributed by atoms with van der Waals surface area (Å²) in [5.41, 5.74) is 0.430. The fourth-order valence-electron chi connectivity index (χ4n) is 1.73. The van der Waals surface area contributed by atoms with Crippen molar-refractivity contribution >= 4 is 40.8 Å². The number of carbonyl (C=O) groups is 2. The van der Waals surface area contributed by atoms with Crippen molar-refractivity contribution in [2.75, 3.05) is 32.5 Å². The minimum atomic E-state index is -1.07. The molecular weight excluding hydrogens is 329 g/mol. The van der Waals surface area contributed by atoms with Gasteiger partial charge < -0.3 is 20.6 Å². The molecule has 0 heterocycles. The van der Waals surface area contributed by atoms with Gasteiger partial charge in [0.05, 0.1) is 6.42 Å². The fourth-order valence-corrected chi connectivity index (χ4v) is 2.26. The standard InChI is InChI=1S/C14H19Cl2N3O3/c1-19(2)4-3-17-12(14(21)22)8-13(20)18-11-6-9(15)5-10(16)7-11/h5-7,12,17H,3-4,8H2,1-2H3,(H,18,20)(H,21,22)/t12-/m1/s1. The van der Waals surface area contributed by atoms with E-state index in [9.17, 15) is 9.59 Å². The van der Waals surface area contributed by atoms with Crippen LogP contribution in [0.3, 0.4) is 0 Å². The van der Waals surface area contributed by atoms with Crippen molar-refractivity contribution < 1.29 is 14.7 Å². The highest BCUT2D eigenvalue weighted by molar-refractivity contribution is 6.35. The Labute approximate surface area is 139 Å². The van der Waals surface area contributed by atoms with Crippen molar-refractivity contribution in [1.82, 2.24) is 10.2 Å². The zero-order valence-electron chi connectivity index (χ0n) is 12.4. The maximum Gasteiger partial charge on any atom is 0.321 e. The molecule has 0 unspecified atom stereocenters. The van der Waals surface area contributed by atoms with Crippen LogP contribution >= 0.6 is 23.2 Å². The lowest BCUT2D eigenvalue weighted by Gasteiger charge is -2.16. The van der Waals surface area contributed by atoms with Crippen molar-refractivity contribution in [3.63, 3.8) is 0 Å². The maximum absolute atomic E-state index is 11.9. The molecule has 1 aromatic carbocycles. The van der Waals surface area contributed by atoms with Gasteiger partial charge in [0.2, 0.25) is 5.91 Å². The lowest BCUT2D eigenvalue weighted by atomic mass is 10.2. The number of hydrogen-bond donors (Lipinski definition) is 3. The highest BCUT2D eigenvalue weighted by atomic mass is 35.5. The molecular formula is C14H19Cl2N3O3. The molecule has 1 aromatic rings. The van der Waals surface area contributed by atoms with Crippen LogP contribution in [-0.4, -0.2) is 55.1 Å². The van der Waals surface area contributed by atoms with Gasteiger partial charge in [-0.25, -0.2) is 0 Å². The van der Waals surface area contributed by atoms with E-state index in [4.69, 9.17) is 28.3 Å². The number of carboxylic acids is 1. The van der Waals surface area contributed by atoms with Crippen molar-refractivity contribution in [2.24, 2.45) is 0 Å². The number of anilines is 1. The summed E-state index contributed by atoms with van der Waals surface area (Å²) in [6.07, 6.45) is -0.188. The van der Waals surface area contributed by atoms with Crippen molar-refractivity contribution in [3.8, 4) is 0 Å². The third kappa shape index (κ3) is 7.09. The van der Waals surface area contributed by atoms with Crippen LogP contribution in [0.4, 0.5) is 5.69 Å². The molecule has 0 bridgehead atoms. The molecule has 0 aliphatic carbocycles. The second kappa shape index (κ2) is 8.95. The molecule has 0 saturated heterocycles. The molecule has 6 nitrogen and oxygen atoms in total. The van der Waals surface area contributed by atoms with E-state index in [0.29, 0.717) is 28.8 Å². The summed E-state index contributed by atoms with van der Waals surface area (Å²) >= 11 is 11.7. The van der Waals surface area contributed by atoms with E-state index in [1.807, 2.05) is 19.0 Å². The Balaban J connectivity index is 2.57. The Hall–Kier alpha value is -1.34. The molecule has 8 heteroatoms. The first kappa shape index (κ1) is 18.7. The number of nitrogens with zero attached hydrogens (tertiary/aromatic N) is 1. The Morgan fingerprint density at radius 1 is 1.23 bits per heavy atom. The van der Waals surface area contributed by atoms with Gasteiger partial charge >= 0.3 is 5.97 Å². The molecule has 1 atom stereocenters. The normalized spacial score (nSPS) is 12.2. The second-order valence-corrected chi connectivity index (χ2v) is 5.93. The first-order chi connectivity index (χ1) is 10.3. The average Bonchev–Trinajstić information content (AvgIpc) is 2.35. The molecule has 0 aromatic heterocycles. The van der Waals surface area contributed by atoms with Gasteiger partial charge in [0.15, 0.2) is 0 Å². The van der Waals surface area contributed by atoms with E-state index in [0.717, 1.165) is 0 Å². The minimum absolute atomic E-state index is 0.188. The third-order valence-corrected chi connectivity index (χ3v) is 3.22. The summed E-state index contributed by atoms with van der Waals surface area (Å²) < 4.78 is 0. The Kier molecular flexibility index (Phi) is 7.61. The number of amides is 1. The topological polar surface area (TPSA) is 81.7 Å². The molecule has 1 amide bonds. The molecule has 3 N–H and O–H groups in total. The summed E-state index contributed by atoms with van der Waals surface area (Å²) in [5.74, 6) is -1.50. The van der Waals surface area contributed by atoms with Crippen molar-refractivity contribution in [3.05, 3.63) is 28.2 Å². The highest BCUT2D eigenvalue weighted by Crippen LogP contribution is 2.22. The number of carbonyl (C=O) groups excluding carboxylic acids is 1. The second-order valence-electron chi connectivity index (χ2n) is 5.06. The first-order valence-corrected chi connectivity index (χ1v) is 7.40. The van der Waals surface area contributed by atoms with Crippen LogP contribution in [0.1, 0.15) is 6.42 Å². The zero-order chi connectivity index (χ0) is 16.7. The number of rotatable bonds is 8. The summed E-state index contributed by atoms with van der Waals surface area (Å²) in [6, 6.07) is 3.68. The predicted octanol–water partition coefficient (Wildman–Crippen LogP) is 1.93. The Morgan fingerprint density at radius 3 is 2.32 bits per heavy atom. The number of benzene rings is 1. The minimum Gasteiger partial charge on any atom is -0.480 e. The number of nitrogens with one attached hydrogen (secondary N) is 2. The van der Waals surface area contributed by atoms with Crippen LogP contribution in [0.25, 0.3) is 0 Å². The zero-order valence-corrected chi connectivity index (χ0v) is 13.9. The molecule has 0 saturated carbocycles. The molecule has 1 rings (SSSR count). The van der Waals surface area contributed by atoms with E-state index in [1.165, 1.54) is 0 Å². The molecule has 0 aliphatic rings. The molecule has 0 fully saturated rings. The van der Waals surface area contributed by atoms with Crippen LogP contribution in [0, 0.1) is 0 Å². The fraction of sp³-hybridized carbons (Fsp3) is 0.429. The van der Waals surface area contributed by atoms with E-state index in [-0.39, 0.29) is 6.42 Å². The monoisotopic (exact) mass is 347 g/mol. The van der Waals surface area contributed by atoms with Gasteiger partial charge in [-0.1, -0.05) is 23.2 Å². The summed E-state index contributed by atoms with van der Waals surface area (Å²) in [6.45, 7) is 1.15. The molecule has 122 valence electrons. The van der Waals surface area contributed by atoms with Gasteiger partial charge in [-0.3, -0.25) is 9.59 Å². The SMILES string of the molecule is CN(C)CCN[C@H](CC(=O)Nc1cc(Cl)cc(Cl)c1)C(=O)O. The van der Waals surface area contributed by atoms with Crippen molar-refractivity contribution in [1.29, 1.82) is 0 Å². The molecule has 0 aliphatic heterocycles. The van der Waals surface area contributed by atoms with Crippen LogP contribution in [0.5, 0.6) is 0 Å². The average molecular weight is 348 g/mol. The Morgan fingerprint density at radius 2 is 1.82 bits per heavy atom. The summed E-state index contributed by atoms with van der Waals surface area (Å²) in [7, 11) is 3.76. The quantitative estimate of drug-likeness (QED) is 0.669. The van der Waals surface area contributed by atoms with Crippen LogP contribution in [0.15, 0.2) is 18.2 Å². The smallest absolute Gasteiger partial charge is 0.321 e. The van der Waals surface area contributed by atoms with Gasteiger partial charge in [-0.05, 0) is 32.3 Å². The summed E-state index contributed by atoms with van der Waals surface area (Å²) in [5, 5.41) is 15.3. The van der Waals surface area contributed by atoms with Crippen LogP contribution in [0.2, 0.25) is 10.0 Å². The van der Waals surface area contributed by atoms with Gasteiger partial charge in [0.1, 0.15) is 6.04 Å². The van der Waals surface area contributed by atoms with Crippen molar-refractivity contribution in [2.45, 2.75) is 12.5 Å². The number of carboxylic acid groups (broad SMARTS) is 1. The van der Waals surface area contributed by atoms with E-state index in [1.54, 1.807) is 18.2 Å². The van der Waals surface area contributed by atoms with Gasteiger partial charge in [-0.15, -0.1) is 0 Å².